The highest BCUT2D eigenvalue weighted by molar-refractivity contribution is 7.89. The summed E-state index contributed by atoms with van der Waals surface area (Å²) in [7, 11) is -3.76. The van der Waals surface area contributed by atoms with Crippen molar-refractivity contribution in [2.24, 2.45) is 11.3 Å². The lowest BCUT2D eigenvalue weighted by atomic mass is 9.67. The first-order valence-electron chi connectivity index (χ1n) is 18.2. The van der Waals surface area contributed by atoms with Gasteiger partial charge in [0.25, 0.3) is 0 Å². The zero-order valence-electron chi connectivity index (χ0n) is 31.1. The number of carbonyl (C=O) groups excluding carboxylic acids is 1. The molecule has 6 aromatic rings. The van der Waals surface area contributed by atoms with Crippen LogP contribution in [0.3, 0.4) is 0 Å². The Bertz CT molecular complexity index is 2400. The fourth-order valence-electron chi connectivity index (χ4n) is 7.70. The van der Waals surface area contributed by atoms with Gasteiger partial charge < -0.3 is 0 Å². The van der Waals surface area contributed by atoms with E-state index in [1.165, 1.54) is 4.68 Å². The van der Waals surface area contributed by atoms with Crippen LogP contribution >= 0.6 is 0 Å². The molecule has 274 valence electrons. The molecule has 0 bridgehead atoms. The van der Waals surface area contributed by atoms with E-state index in [0.29, 0.717) is 36.0 Å². The van der Waals surface area contributed by atoms with E-state index in [4.69, 9.17) is 0 Å². The highest BCUT2D eigenvalue weighted by Gasteiger charge is 2.41. The van der Waals surface area contributed by atoms with Gasteiger partial charge in [0.1, 0.15) is 11.3 Å². The number of fused-ring (bicyclic) bond motifs is 2. The summed E-state index contributed by atoms with van der Waals surface area (Å²) < 4.78 is 33.4. The Morgan fingerprint density at radius 3 is 2.51 bits per heavy atom. The molecular weight excluding hydrogens is 687 g/mol. The van der Waals surface area contributed by atoms with Crippen molar-refractivity contribution in [2.75, 3.05) is 6.54 Å². The summed E-state index contributed by atoms with van der Waals surface area (Å²) in [5, 5.41) is 21.2. The third kappa shape index (κ3) is 6.67. The van der Waals surface area contributed by atoms with Crippen molar-refractivity contribution in [3.8, 4) is 5.82 Å². The fraction of sp³-hybridized carbons (Fsp3) is 0.375. The highest BCUT2D eigenvalue weighted by Crippen LogP contribution is 2.45. The fourth-order valence-corrected chi connectivity index (χ4v) is 9.43. The summed E-state index contributed by atoms with van der Waals surface area (Å²) in [4.78, 5) is 19.4. The van der Waals surface area contributed by atoms with E-state index in [2.05, 4.69) is 55.9 Å². The predicted octanol–water partition coefficient (Wildman–Crippen LogP) is 6.18. The van der Waals surface area contributed by atoms with Crippen LogP contribution in [-0.4, -0.2) is 65.2 Å². The maximum atomic E-state index is 14.7. The van der Waals surface area contributed by atoms with Crippen molar-refractivity contribution < 1.29 is 13.2 Å². The van der Waals surface area contributed by atoms with Crippen LogP contribution in [0.15, 0.2) is 83.9 Å². The number of sulfonamides is 1. The third-order valence-electron chi connectivity index (χ3n) is 10.9. The standard InChI is InChI=1S/C40H45N9O3S/c1-7-28-21-29-13-9-10-14-34(29)53(51,52)47(24-28)25-31-22-30(17-16-26(31)3)38(32-18-19-33-39(27(32)4)43-45-48(33)8-2)40(5,6)35(50)23-37-42-44-46-49(37)36-15-11-12-20-41-36/h9-20,22,28,38H,7-8,21,23-25H2,1-6H3/t28-,38-/m0/s1. The van der Waals surface area contributed by atoms with Gasteiger partial charge in [0, 0.05) is 37.2 Å². The second-order valence-corrected chi connectivity index (χ2v) is 16.5. The molecule has 0 aliphatic carbocycles. The quantitative estimate of drug-likeness (QED) is 0.153. The van der Waals surface area contributed by atoms with E-state index in [1.54, 1.807) is 28.7 Å². The maximum Gasteiger partial charge on any atom is 0.243 e. The zero-order valence-corrected chi connectivity index (χ0v) is 31.9. The number of pyridine rings is 1. The Hall–Kier alpha value is -5.14. The zero-order chi connectivity index (χ0) is 37.5. The number of nitrogens with zero attached hydrogens (tertiary/aromatic N) is 9. The van der Waals surface area contributed by atoms with Crippen LogP contribution < -0.4 is 0 Å². The minimum absolute atomic E-state index is 0.0249. The molecule has 4 heterocycles. The summed E-state index contributed by atoms with van der Waals surface area (Å²) >= 11 is 0. The molecule has 2 atom stereocenters. The van der Waals surface area contributed by atoms with Crippen molar-refractivity contribution in [1.29, 1.82) is 0 Å². The first-order valence-corrected chi connectivity index (χ1v) is 19.6. The molecule has 1 aliphatic rings. The molecule has 7 rings (SSSR count). The maximum absolute atomic E-state index is 14.7. The highest BCUT2D eigenvalue weighted by atomic mass is 32.2. The third-order valence-corrected chi connectivity index (χ3v) is 12.9. The van der Waals surface area contributed by atoms with Crippen molar-refractivity contribution in [2.45, 2.75) is 84.7 Å². The van der Waals surface area contributed by atoms with Crippen molar-refractivity contribution in [3.05, 3.63) is 118 Å². The summed E-state index contributed by atoms with van der Waals surface area (Å²) in [6, 6.07) is 23.1. The molecule has 0 fully saturated rings. The Balaban J connectivity index is 1.32. The number of hydrogen-bond donors (Lipinski definition) is 0. The summed E-state index contributed by atoms with van der Waals surface area (Å²) in [5.41, 5.74) is 6.25. The van der Waals surface area contributed by atoms with E-state index in [9.17, 15) is 13.2 Å². The number of benzene rings is 3. The number of aryl methyl sites for hydroxylation is 3. The van der Waals surface area contributed by atoms with Gasteiger partial charge in [-0.1, -0.05) is 80.9 Å². The number of ketones is 1. The van der Waals surface area contributed by atoms with Crippen LogP contribution in [0.25, 0.3) is 16.9 Å². The van der Waals surface area contributed by atoms with Crippen LogP contribution in [0.2, 0.25) is 0 Å². The van der Waals surface area contributed by atoms with E-state index in [0.717, 1.165) is 50.8 Å². The van der Waals surface area contributed by atoms with E-state index < -0.39 is 21.4 Å². The molecule has 0 amide bonds. The first-order chi connectivity index (χ1) is 25.4. The van der Waals surface area contributed by atoms with Gasteiger partial charge in [0.2, 0.25) is 10.0 Å². The van der Waals surface area contributed by atoms with Gasteiger partial charge in [-0.25, -0.2) is 18.1 Å². The molecule has 12 nitrogen and oxygen atoms in total. The lowest BCUT2D eigenvalue weighted by molar-refractivity contribution is -0.127. The largest absolute Gasteiger partial charge is 0.299 e. The Kier molecular flexibility index (Phi) is 9.81. The molecule has 0 spiro atoms. The lowest BCUT2D eigenvalue weighted by Crippen LogP contribution is -2.35. The molecule has 0 saturated carbocycles. The molecule has 0 saturated heterocycles. The molecule has 0 radical (unpaired) electrons. The molecule has 1 aliphatic heterocycles. The number of tetrazole rings is 1. The smallest absolute Gasteiger partial charge is 0.243 e. The Morgan fingerprint density at radius 2 is 1.75 bits per heavy atom. The van der Waals surface area contributed by atoms with Crippen molar-refractivity contribution >= 4 is 26.8 Å². The summed E-state index contributed by atoms with van der Waals surface area (Å²) in [6.07, 6.45) is 3.21. The van der Waals surface area contributed by atoms with Crippen LogP contribution in [0.1, 0.15) is 79.2 Å². The van der Waals surface area contributed by atoms with Crippen molar-refractivity contribution in [1.82, 2.24) is 44.5 Å². The minimum atomic E-state index is -3.76. The number of hydrogen-bond acceptors (Lipinski definition) is 9. The molecule has 53 heavy (non-hydrogen) atoms. The minimum Gasteiger partial charge on any atom is -0.299 e. The normalized spacial score (nSPS) is 16.7. The average Bonchev–Trinajstić information content (AvgIpc) is 3.78. The summed E-state index contributed by atoms with van der Waals surface area (Å²) in [6.45, 7) is 13.4. The molecule has 13 heteroatoms. The van der Waals surface area contributed by atoms with Crippen LogP contribution in [0.5, 0.6) is 0 Å². The SMILES string of the molecule is CC[C@H]1Cc2ccccc2S(=O)(=O)N(Cc2cc([C@@H](c3ccc4c(nnn4CC)c3C)C(C)(C)C(=O)Cc3nnnn3-c3ccccn3)ccc2C)C1. The molecule has 3 aromatic heterocycles. The van der Waals surface area contributed by atoms with Gasteiger partial charge in [-0.2, -0.15) is 8.99 Å². The van der Waals surface area contributed by atoms with Crippen LogP contribution in [0.4, 0.5) is 0 Å². The predicted molar refractivity (Wildman–Crippen MR) is 202 cm³/mol. The monoisotopic (exact) mass is 731 g/mol. The first kappa shape index (κ1) is 36.2. The van der Waals surface area contributed by atoms with Gasteiger partial charge in [-0.05, 0) is 101 Å². The number of rotatable bonds is 11. The molecule has 0 N–H and O–H groups in total. The second-order valence-electron chi connectivity index (χ2n) is 14.6. The topological polar surface area (TPSA) is 142 Å². The Labute approximate surface area is 310 Å². The van der Waals surface area contributed by atoms with Gasteiger partial charge in [-0.15, -0.1) is 10.2 Å². The van der Waals surface area contributed by atoms with Gasteiger partial charge in [0.15, 0.2) is 11.6 Å². The Morgan fingerprint density at radius 1 is 0.962 bits per heavy atom. The number of aromatic nitrogens is 8. The summed E-state index contributed by atoms with van der Waals surface area (Å²) in [5.74, 6) is 0.602. The molecule has 0 unspecified atom stereocenters. The lowest BCUT2D eigenvalue weighted by Gasteiger charge is -2.35. The number of Topliss-reactive ketones (excluding diaryl/α,β-unsaturated/α-hetero) is 1. The van der Waals surface area contributed by atoms with Crippen molar-refractivity contribution in [3.63, 3.8) is 0 Å². The van der Waals surface area contributed by atoms with E-state index >= 15 is 0 Å². The average molecular weight is 732 g/mol. The molecule has 3 aromatic carbocycles. The molecular formula is C40H45N9O3S. The van der Waals surface area contributed by atoms with Gasteiger partial charge >= 0.3 is 0 Å². The number of carbonyl (C=O) groups is 1. The van der Waals surface area contributed by atoms with Gasteiger partial charge in [0.05, 0.1) is 16.8 Å². The van der Waals surface area contributed by atoms with Crippen LogP contribution in [-0.2, 0) is 40.7 Å². The van der Waals surface area contributed by atoms with E-state index in [-0.39, 0.29) is 24.7 Å². The van der Waals surface area contributed by atoms with E-state index in [1.807, 2.05) is 75.7 Å². The van der Waals surface area contributed by atoms with Crippen LogP contribution in [0, 0.1) is 25.2 Å². The second kappa shape index (κ2) is 14.4. The van der Waals surface area contributed by atoms with Gasteiger partial charge in [-0.3, -0.25) is 4.79 Å².